The monoisotopic (exact) mass is 302 g/mol. The first-order valence-corrected chi connectivity index (χ1v) is 8.70. The van der Waals surface area contributed by atoms with E-state index >= 15 is 0 Å². The second-order valence-electron chi connectivity index (χ2n) is 4.07. The minimum atomic E-state index is -4.25. The van der Waals surface area contributed by atoms with Gasteiger partial charge in [-0.2, -0.15) is 0 Å². The third-order valence-corrected chi connectivity index (χ3v) is 3.60. The molecule has 0 aromatic carbocycles. The number of carbonyl (C=O) groups excluding carboxylic acids is 1. The second-order valence-corrected chi connectivity index (χ2v) is 7.62. The lowest BCUT2D eigenvalue weighted by molar-refractivity contribution is -0.128. The molecule has 0 heterocycles. The second kappa shape index (κ2) is 6.70. The number of rotatable bonds is 7. The first kappa shape index (κ1) is 17.6. The molecule has 0 aliphatic heterocycles. The van der Waals surface area contributed by atoms with Crippen LogP contribution in [0.15, 0.2) is 0 Å². The smallest absolute Gasteiger partial charge is 0.324 e. The van der Waals surface area contributed by atoms with Crippen LogP contribution in [-0.2, 0) is 13.9 Å². The van der Waals surface area contributed by atoms with Crippen molar-refractivity contribution in [2.45, 2.75) is 13.8 Å². The summed E-state index contributed by atoms with van der Waals surface area (Å²) in [6, 6.07) is 0. The molecule has 0 saturated carbocycles. The van der Waals surface area contributed by atoms with E-state index < -0.39 is 33.4 Å². The molecule has 0 radical (unpaired) electrons. The Hall–Kier alpha value is -0.360. The molecule has 0 aromatic heterocycles. The summed E-state index contributed by atoms with van der Waals surface area (Å²) in [5.74, 6) is -0.0941. The lowest BCUT2D eigenvalue weighted by atomic mass is 10.2. The van der Waals surface area contributed by atoms with Crippen molar-refractivity contribution < 1.29 is 33.5 Å². The zero-order valence-corrected chi connectivity index (χ0v) is 12.0. The van der Waals surface area contributed by atoms with Gasteiger partial charge in [0.2, 0.25) is 0 Å². The molecule has 0 aliphatic rings. The summed E-state index contributed by atoms with van der Waals surface area (Å²) in [4.78, 5) is 47.6. The van der Waals surface area contributed by atoms with E-state index in [4.69, 9.17) is 19.6 Å². The lowest BCUT2D eigenvalue weighted by Gasteiger charge is -2.20. The van der Waals surface area contributed by atoms with E-state index in [1.54, 1.807) is 0 Å². The predicted octanol–water partition coefficient (Wildman–Crippen LogP) is -0.215. The highest BCUT2D eigenvalue weighted by Crippen LogP contribution is 2.35. The quantitative estimate of drug-likeness (QED) is 0.377. The summed E-state index contributed by atoms with van der Waals surface area (Å²) >= 11 is 0. The van der Waals surface area contributed by atoms with Crippen molar-refractivity contribution in [1.29, 1.82) is 0 Å². The average molecular weight is 302 g/mol. The summed E-state index contributed by atoms with van der Waals surface area (Å²) in [5, 5.41) is 0. The van der Waals surface area contributed by atoms with Crippen LogP contribution >= 0.6 is 15.2 Å². The van der Waals surface area contributed by atoms with E-state index in [1.807, 2.05) is 0 Å². The summed E-state index contributed by atoms with van der Waals surface area (Å²) < 4.78 is 21.5. The van der Waals surface area contributed by atoms with E-state index in [-0.39, 0.29) is 13.1 Å². The molecule has 0 atom stereocenters. The van der Waals surface area contributed by atoms with Gasteiger partial charge in [0.1, 0.15) is 0 Å². The predicted molar refractivity (Wildman–Crippen MR) is 65.0 cm³/mol. The van der Waals surface area contributed by atoms with Gasteiger partial charge in [0.15, 0.2) is 5.92 Å². The highest BCUT2D eigenvalue weighted by atomic mass is 31.2. The van der Waals surface area contributed by atoms with Gasteiger partial charge < -0.3 is 24.5 Å². The molecule has 0 saturated heterocycles. The molecule has 0 aliphatic carbocycles. The third-order valence-electron chi connectivity index (χ3n) is 2.04. The Labute approximate surface area is 105 Å². The Bertz CT molecular complexity index is 346. The molecule has 106 valence electrons. The number of amides is 1. The topological polar surface area (TPSA) is 135 Å². The van der Waals surface area contributed by atoms with Gasteiger partial charge in [-0.3, -0.25) is 9.13 Å². The Kier molecular flexibility index (Phi) is 6.57. The highest BCUT2D eigenvalue weighted by Gasteiger charge is 2.30. The first-order valence-electron chi connectivity index (χ1n) is 5.11. The molecule has 0 aromatic rings. The largest absolute Gasteiger partial charge is 0.406 e. The molecule has 4 N–H and O–H groups in total. The maximum atomic E-state index is 11.7. The van der Waals surface area contributed by atoms with Crippen LogP contribution in [0.1, 0.15) is 13.8 Å². The van der Waals surface area contributed by atoms with Crippen molar-refractivity contribution in [3.8, 4) is 0 Å². The fourth-order valence-corrected chi connectivity index (χ4v) is 2.14. The average Bonchev–Trinajstić information content (AvgIpc) is 2.13. The third kappa shape index (κ3) is 8.69. The van der Waals surface area contributed by atoms with Crippen molar-refractivity contribution in [2.75, 3.05) is 25.4 Å². The molecular formula is C8H18NO7P2+. The van der Waals surface area contributed by atoms with Crippen molar-refractivity contribution in [3.63, 3.8) is 0 Å². The van der Waals surface area contributed by atoms with Crippen LogP contribution in [0.3, 0.4) is 0 Å². The fraction of sp³-hybridized carbons (Fsp3) is 0.750. The van der Waals surface area contributed by atoms with Gasteiger partial charge in [0.05, 0.1) is 26.2 Å². The molecule has 0 unspecified atom stereocenters. The zero-order chi connectivity index (χ0) is 14.6. The summed E-state index contributed by atoms with van der Waals surface area (Å²) in [6.45, 7) is 2.55. The van der Waals surface area contributed by atoms with Crippen LogP contribution in [-0.4, -0.2) is 55.8 Å². The Balaban J connectivity index is 4.58. The molecule has 0 bridgehead atoms. The normalized spacial score (nSPS) is 12.3. The van der Waals surface area contributed by atoms with Gasteiger partial charge in [-0.05, 0) is 0 Å². The molecule has 0 spiro atoms. The number of carbonyl (C=O) groups is 1. The zero-order valence-electron chi connectivity index (χ0n) is 10.2. The van der Waals surface area contributed by atoms with E-state index in [0.29, 0.717) is 5.92 Å². The van der Waals surface area contributed by atoms with Crippen LogP contribution in [0.25, 0.3) is 0 Å². The van der Waals surface area contributed by atoms with Gasteiger partial charge in [-0.15, -0.1) is 0 Å². The number of hydrogen-bond donors (Lipinski definition) is 4. The highest BCUT2D eigenvalue weighted by molar-refractivity contribution is 7.52. The molecule has 8 nitrogen and oxygen atoms in total. The van der Waals surface area contributed by atoms with Crippen LogP contribution < -0.4 is 0 Å². The minimum absolute atomic E-state index is 0.242. The van der Waals surface area contributed by atoms with E-state index in [2.05, 4.69) is 0 Å². The van der Waals surface area contributed by atoms with Gasteiger partial charge in [-0.25, -0.2) is 4.79 Å². The van der Waals surface area contributed by atoms with Gasteiger partial charge in [0.25, 0.3) is 0 Å². The maximum Gasteiger partial charge on any atom is 0.406 e. The minimum Gasteiger partial charge on any atom is -0.324 e. The lowest BCUT2D eigenvalue weighted by Crippen LogP contribution is -2.37. The van der Waals surface area contributed by atoms with Crippen LogP contribution in [0.5, 0.6) is 0 Å². The Morgan fingerprint density at radius 1 is 1.00 bits per heavy atom. The SMILES string of the molecule is C[C+](C)C(=O)N(CCP(=O)(O)O)CCP(=O)(O)O. The summed E-state index contributed by atoms with van der Waals surface area (Å²) in [6.07, 6.45) is -1.07. The molecule has 0 rings (SSSR count). The Morgan fingerprint density at radius 3 is 1.56 bits per heavy atom. The summed E-state index contributed by atoms with van der Waals surface area (Å²) in [7, 11) is -8.50. The number of nitrogens with zero attached hydrogens (tertiary/aromatic N) is 1. The fourth-order valence-electron chi connectivity index (χ4n) is 1.13. The maximum absolute atomic E-state index is 11.7. The first-order chi connectivity index (χ1) is 7.92. The van der Waals surface area contributed by atoms with Gasteiger partial charge in [0, 0.05) is 13.1 Å². The van der Waals surface area contributed by atoms with Crippen molar-refractivity contribution in [1.82, 2.24) is 4.90 Å². The summed E-state index contributed by atoms with van der Waals surface area (Å²) in [5.41, 5.74) is 0. The van der Waals surface area contributed by atoms with Crippen LogP contribution in [0, 0.1) is 5.92 Å². The molecular weight excluding hydrogens is 284 g/mol. The van der Waals surface area contributed by atoms with E-state index in [1.165, 1.54) is 13.8 Å². The van der Waals surface area contributed by atoms with Crippen molar-refractivity contribution in [2.24, 2.45) is 0 Å². The molecule has 18 heavy (non-hydrogen) atoms. The van der Waals surface area contributed by atoms with Crippen LogP contribution in [0.4, 0.5) is 0 Å². The van der Waals surface area contributed by atoms with E-state index in [0.717, 1.165) is 4.90 Å². The van der Waals surface area contributed by atoms with Gasteiger partial charge in [-0.1, -0.05) is 0 Å². The Morgan fingerprint density at radius 2 is 1.33 bits per heavy atom. The number of hydrogen-bond acceptors (Lipinski definition) is 3. The van der Waals surface area contributed by atoms with Crippen molar-refractivity contribution >= 4 is 21.1 Å². The molecule has 1 amide bonds. The van der Waals surface area contributed by atoms with E-state index in [9.17, 15) is 13.9 Å². The molecule has 0 fully saturated rings. The van der Waals surface area contributed by atoms with Gasteiger partial charge >= 0.3 is 21.1 Å². The van der Waals surface area contributed by atoms with Crippen molar-refractivity contribution in [3.05, 3.63) is 5.92 Å². The van der Waals surface area contributed by atoms with Crippen LogP contribution in [0.2, 0.25) is 0 Å². The molecule has 10 heteroatoms. The standard InChI is InChI=1S/C8H17NO7P2/c1-7(2)8(10)9(3-5-17(11,12)13)4-6-18(14,15)16/h3-6H2,1-2H3,(H3-,11,12,13,14,15,16)/p+1.